The fraction of sp³-hybridized carbons (Fsp3) is 0.529. The molecule has 0 unspecified atom stereocenters. The second kappa shape index (κ2) is 8.41. The number of hydrogen-bond acceptors (Lipinski definition) is 4. The molecule has 0 saturated heterocycles. The minimum absolute atomic E-state index is 0.704. The lowest BCUT2D eigenvalue weighted by Crippen LogP contribution is -2.02. The van der Waals surface area contributed by atoms with Gasteiger partial charge >= 0.3 is 0 Å². The van der Waals surface area contributed by atoms with Crippen molar-refractivity contribution in [2.24, 2.45) is 7.05 Å². The molecule has 5 heteroatoms. The first-order valence-electron chi connectivity index (χ1n) is 7.96. The van der Waals surface area contributed by atoms with Crippen LogP contribution < -0.4 is 9.47 Å². The van der Waals surface area contributed by atoms with Gasteiger partial charge in [0.2, 0.25) is 0 Å². The van der Waals surface area contributed by atoms with Gasteiger partial charge in [-0.15, -0.1) is 5.10 Å². The molecular weight excluding hydrogens is 278 g/mol. The smallest absolute Gasteiger partial charge is 0.161 e. The number of aromatic nitrogens is 3. The maximum absolute atomic E-state index is 5.82. The average molecular weight is 303 g/mol. The monoisotopic (exact) mass is 303 g/mol. The highest BCUT2D eigenvalue weighted by Gasteiger charge is 2.08. The van der Waals surface area contributed by atoms with Crippen LogP contribution in [0.3, 0.4) is 0 Å². The van der Waals surface area contributed by atoms with Gasteiger partial charge in [-0.1, -0.05) is 25.1 Å². The zero-order valence-electron chi connectivity index (χ0n) is 13.7. The van der Waals surface area contributed by atoms with Crippen molar-refractivity contribution in [3.63, 3.8) is 0 Å². The molecule has 2 aromatic rings. The lowest BCUT2D eigenvalue weighted by Gasteiger charge is -2.13. The zero-order chi connectivity index (χ0) is 15.8. The molecule has 1 aromatic heterocycles. The molecule has 1 heterocycles. The van der Waals surface area contributed by atoms with Gasteiger partial charge < -0.3 is 9.47 Å². The molecule has 0 N–H and O–H groups in total. The van der Waals surface area contributed by atoms with Gasteiger partial charge in [-0.2, -0.15) is 0 Å². The van der Waals surface area contributed by atoms with Crippen molar-refractivity contribution in [3.8, 4) is 11.5 Å². The molecule has 5 nitrogen and oxygen atoms in total. The Balaban J connectivity index is 2.04. The Morgan fingerprint density at radius 1 is 1.00 bits per heavy atom. The molecule has 120 valence electrons. The summed E-state index contributed by atoms with van der Waals surface area (Å²) in [5, 5.41) is 8.07. The summed E-state index contributed by atoms with van der Waals surface area (Å²) >= 11 is 0. The Bertz CT molecular complexity index is 581. The summed E-state index contributed by atoms with van der Waals surface area (Å²) in [5.74, 6) is 1.67. The van der Waals surface area contributed by atoms with E-state index in [0.717, 1.165) is 42.9 Å². The molecule has 22 heavy (non-hydrogen) atoms. The van der Waals surface area contributed by atoms with E-state index in [-0.39, 0.29) is 0 Å². The molecule has 0 spiro atoms. The predicted molar refractivity (Wildman–Crippen MR) is 86.4 cm³/mol. The van der Waals surface area contributed by atoms with Crippen molar-refractivity contribution in [1.82, 2.24) is 15.0 Å². The van der Waals surface area contributed by atoms with Crippen LogP contribution in [0.2, 0.25) is 0 Å². The van der Waals surface area contributed by atoms with Crippen molar-refractivity contribution < 1.29 is 9.47 Å². The van der Waals surface area contributed by atoms with Gasteiger partial charge in [0.05, 0.1) is 18.9 Å². The standard InChI is InChI=1S/C17H25N3O2/c1-4-10-21-16-9-7-14(12-17(16)22-11-5-2)6-8-15-13-20(3)19-18-15/h7,9,12-13H,4-6,8,10-11H2,1-3H3. The molecular formula is C17H25N3O2. The van der Waals surface area contributed by atoms with Crippen LogP contribution in [0.4, 0.5) is 0 Å². The van der Waals surface area contributed by atoms with Crippen molar-refractivity contribution in [2.45, 2.75) is 39.5 Å². The molecule has 0 aliphatic heterocycles. The maximum atomic E-state index is 5.82. The van der Waals surface area contributed by atoms with E-state index in [9.17, 15) is 0 Å². The fourth-order valence-electron chi connectivity index (χ4n) is 2.15. The van der Waals surface area contributed by atoms with Gasteiger partial charge in [0.1, 0.15) is 0 Å². The Labute approximate surface area is 132 Å². The van der Waals surface area contributed by atoms with Crippen LogP contribution in [0, 0.1) is 0 Å². The van der Waals surface area contributed by atoms with Crippen molar-refractivity contribution >= 4 is 0 Å². The summed E-state index contributed by atoms with van der Waals surface area (Å²) in [6.45, 7) is 5.61. The third kappa shape index (κ3) is 4.76. The number of benzene rings is 1. The third-order valence-corrected chi connectivity index (χ3v) is 3.25. The van der Waals surface area contributed by atoms with Crippen LogP contribution in [0.25, 0.3) is 0 Å². The van der Waals surface area contributed by atoms with Gasteiger partial charge in [-0.05, 0) is 43.4 Å². The van der Waals surface area contributed by atoms with Crippen molar-refractivity contribution in [3.05, 3.63) is 35.7 Å². The molecule has 0 radical (unpaired) electrons. The number of ether oxygens (including phenoxy) is 2. The van der Waals surface area contributed by atoms with E-state index in [2.05, 4.69) is 36.3 Å². The van der Waals surface area contributed by atoms with E-state index < -0.39 is 0 Å². The SMILES string of the molecule is CCCOc1ccc(CCc2cn(C)nn2)cc1OCCC. The first-order valence-corrected chi connectivity index (χ1v) is 7.96. The number of aryl methyl sites for hydroxylation is 3. The van der Waals surface area contributed by atoms with E-state index in [1.54, 1.807) is 4.68 Å². The summed E-state index contributed by atoms with van der Waals surface area (Å²) in [6, 6.07) is 6.18. The van der Waals surface area contributed by atoms with E-state index in [4.69, 9.17) is 9.47 Å². The highest BCUT2D eigenvalue weighted by atomic mass is 16.5. The first kappa shape index (κ1) is 16.3. The number of rotatable bonds is 9. The summed E-state index contributed by atoms with van der Waals surface area (Å²) in [7, 11) is 1.88. The van der Waals surface area contributed by atoms with E-state index in [1.807, 2.05) is 19.3 Å². The van der Waals surface area contributed by atoms with Crippen molar-refractivity contribution in [1.29, 1.82) is 0 Å². The van der Waals surface area contributed by atoms with Crippen LogP contribution in [0.5, 0.6) is 11.5 Å². The van der Waals surface area contributed by atoms with Crippen LogP contribution in [0.1, 0.15) is 37.9 Å². The molecule has 0 amide bonds. The molecule has 0 atom stereocenters. The lowest BCUT2D eigenvalue weighted by molar-refractivity contribution is 0.268. The van der Waals surface area contributed by atoms with Gasteiger partial charge in [0, 0.05) is 13.2 Å². The summed E-state index contributed by atoms with van der Waals surface area (Å²) in [4.78, 5) is 0. The van der Waals surface area contributed by atoms with Crippen LogP contribution in [-0.2, 0) is 19.9 Å². The van der Waals surface area contributed by atoms with Crippen molar-refractivity contribution in [2.75, 3.05) is 13.2 Å². The minimum atomic E-state index is 0.704. The molecule has 2 rings (SSSR count). The van der Waals surface area contributed by atoms with E-state index >= 15 is 0 Å². The Kier molecular flexibility index (Phi) is 6.25. The average Bonchev–Trinajstić information content (AvgIpc) is 2.95. The van der Waals surface area contributed by atoms with Crippen LogP contribution in [-0.4, -0.2) is 28.2 Å². The lowest BCUT2D eigenvalue weighted by atomic mass is 10.1. The fourth-order valence-corrected chi connectivity index (χ4v) is 2.15. The van der Waals surface area contributed by atoms with Gasteiger partial charge in [0.15, 0.2) is 11.5 Å². The van der Waals surface area contributed by atoms with Gasteiger partial charge in [-0.25, -0.2) is 0 Å². The van der Waals surface area contributed by atoms with E-state index in [0.29, 0.717) is 13.2 Å². The molecule has 0 saturated carbocycles. The summed E-state index contributed by atoms with van der Waals surface area (Å²) in [6.07, 6.45) is 5.71. The second-order valence-electron chi connectivity index (χ2n) is 5.36. The quantitative estimate of drug-likeness (QED) is 0.714. The molecule has 0 fully saturated rings. The normalized spacial score (nSPS) is 10.7. The predicted octanol–water partition coefficient (Wildman–Crippen LogP) is 3.18. The molecule has 0 aliphatic carbocycles. The van der Waals surface area contributed by atoms with E-state index in [1.165, 1.54) is 5.56 Å². The second-order valence-corrected chi connectivity index (χ2v) is 5.36. The number of hydrogen-bond donors (Lipinski definition) is 0. The van der Waals surface area contributed by atoms with Crippen LogP contribution >= 0.6 is 0 Å². The third-order valence-electron chi connectivity index (χ3n) is 3.25. The van der Waals surface area contributed by atoms with Crippen LogP contribution in [0.15, 0.2) is 24.4 Å². The topological polar surface area (TPSA) is 49.2 Å². The Morgan fingerprint density at radius 3 is 2.36 bits per heavy atom. The highest BCUT2D eigenvalue weighted by Crippen LogP contribution is 2.29. The summed E-state index contributed by atoms with van der Waals surface area (Å²) < 4.78 is 13.3. The summed E-state index contributed by atoms with van der Waals surface area (Å²) in [5.41, 5.74) is 2.23. The largest absolute Gasteiger partial charge is 0.490 e. The zero-order valence-corrected chi connectivity index (χ0v) is 13.7. The minimum Gasteiger partial charge on any atom is -0.490 e. The maximum Gasteiger partial charge on any atom is 0.161 e. The number of nitrogens with zero attached hydrogens (tertiary/aromatic N) is 3. The highest BCUT2D eigenvalue weighted by molar-refractivity contribution is 5.43. The first-order chi connectivity index (χ1) is 10.7. The Hall–Kier alpha value is -2.04. The van der Waals surface area contributed by atoms with Gasteiger partial charge in [0.25, 0.3) is 0 Å². The molecule has 0 aliphatic rings. The molecule has 1 aromatic carbocycles. The molecule has 0 bridgehead atoms. The van der Waals surface area contributed by atoms with Gasteiger partial charge in [-0.3, -0.25) is 4.68 Å². The Morgan fingerprint density at radius 2 is 1.73 bits per heavy atom.